The third kappa shape index (κ3) is 3.83. The Morgan fingerprint density at radius 3 is 1.06 bits per heavy atom. The fourth-order valence-corrected chi connectivity index (χ4v) is 26.4. The molecule has 15 aliphatic rings. The van der Waals surface area contributed by atoms with E-state index in [1.807, 2.05) is 0 Å². The molecule has 0 radical (unpaired) electrons. The fraction of sp³-hybridized carbons (Fsp3) is 1.00. The lowest BCUT2D eigenvalue weighted by Gasteiger charge is -2.77. The normalized spacial score (nSPS) is 67.6. The maximum Gasteiger partial charge on any atom is -0.0168 e. The highest BCUT2D eigenvalue weighted by Crippen LogP contribution is 2.85. The van der Waals surface area contributed by atoms with Gasteiger partial charge in [-0.3, -0.25) is 0 Å². The molecule has 0 aromatic carbocycles. The van der Waals surface area contributed by atoms with Crippen LogP contribution in [-0.2, 0) is 0 Å². The first-order valence-corrected chi connectivity index (χ1v) is 26.8. The van der Waals surface area contributed by atoms with Crippen molar-refractivity contribution in [3.8, 4) is 0 Å². The van der Waals surface area contributed by atoms with E-state index in [4.69, 9.17) is 0 Å². The average molecular weight is 729 g/mol. The summed E-state index contributed by atoms with van der Waals surface area (Å²) in [5.41, 5.74) is 0.801. The van der Waals surface area contributed by atoms with Gasteiger partial charge in [0.15, 0.2) is 0 Å². The van der Waals surface area contributed by atoms with Gasteiger partial charge in [0.1, 0.15) is 0 Å². The van der Waals surface area contributed by atoms with E-state index in [0.29, 0.717) is 0 Å². The Morgan fingerprint density at radius 2 is 0.574 bits per heavy atom. The number of fused-ring (bicyclic) bond motifs is 18. The van der Waals surface area contributed by atoms with Gasteiger partial charge in [0, 0.05) is 0 Å². The van der Waals surface area contributed by atoms with E-state index >= 15 is 0 Å². The van der Waals surface area contributed by atoms with E-state index in [-0.39, 0.29) is 0 Å². The van der Waals surface area contributed by atoms with Gasteiger partial charge in [0.25, 0.3) is 0 Å². The highest BCUT2D eigenvalue weighted by Gasteiger charge is 2.80. The summed E-state index contributed by atoms with van der Waals surface area (Å²) in [6.07, 6.45) is 45.0. The summed E-state index contributed by atoms with van der Waals surface area (Å²) in [4.78, 5) is 0. The summed E-state index contributed by atoms with van der Waals surface area (Å²) < 4.78 is 0. The van der Waals surface area contributed by atoms with E-state index in [2.05, 4.69) is 0 Å². The summed E-state index contributed by atoms with van der Waals surface area (Å²) in [5.74, 6) is 30.6. The van der Waals surface area contributed by atoms with E-state index in [1.54, 1.807) is 173 Å². The minimum absolute atomic E-state index is 0.801. The molecule has 0 nitrogen and oxygen atoms in total. The third-order valence-corrected chi connectivity index (χ3v) is 26.0. The highest BCUT2D eigenvalue weighted by atomic mass is 14.8. The van der Waals surface area contributed by atoms with Gasteiger partial charge in [-0.25, -0.2) is 0 Å². The van der Waals surface area contributed by atoms with Crippen LogP contribution < -0.4 is 0 Å². The molecule has 0 heteroatoms. The summed E-state index contributed by atoms with van der Waals surface area (Å²) in [7, 11) is 0. The Morgan fingerprint density at radius 1 is 0.222 bits per heavy atom. The summed E-state index contributed by atoms with van der Waals surface area (Å²) in [6.45, 7) is 0. The zero-order chi connectivity index (χ0) is 34.6. The number of hydrogen-bond donors (Lipinski definition) is 0. The van der Waals surface area contributed by atoms with Crippen molar-refractivity contribution in [2.24, 2.45) is 159 Å². The molecule has 15 fully saturated rings. The Hall–Kier alpha value is 0. The van der Waals surface area contributed by atoms with Crippen LogP contribution in [0.25, 0.3) is 0 Å². The molecule has 1 spiro atoms. The number of rotatable bonds is 0. The van der Waals surface area contributed by atoms with Crippen LogP contribution in [0, 0.1) is 159 Å². The van der Waals surface area contributed by atoms with Crippen LogP contribution in [0.1, 0.15) is 173 Å². The van der Waals surface area contributed by atoms with Gasteiger partial charge in [0.2, 0.25) is 0 Å². The van der Waals surface area contributed by atoms with Crippen LogP contribution in [0.3, 0.4) is 0 Å². The van der Waals surface area contributed by atoms with Gasteiger partial charge in [-0.15, -0.1) is 0 Å². The average Bonchev–Trinajstić information content (AvgIpc) is 3.97. The largest absolute Gasteiger partial charge is 0.0530 e. The molecule has 15 aliphatic carbocycles. The lowest BCUT2D eigenvalue weighted by molar-refractivity contribution is -0.300. The van der Waals surface area contributed by atoms with Crippen molar-refractivity contribution in [1.29, 1.82) is 0 Å². The van der Waals surface area contributed by atoms with Gasteiger partial charge >= 0.3 is 0 Å². The molecule has 0 N–H and O–H groups in total. The van der Waals surface area contributed by atoms with Gasteiger partial charge in [0.05, 0.1) is 0 Å². The lowest BCUT2D eigenvalue weighted by atomic mass is 9.27. The minimum atomic E-state index is 0.801. The summed E-state index contributed by atoms with van der Waals surface area (Å²) >= 11 is 0. The topological polar surface area (TPSA) is 0 Å². The van der Waals surface area contributed by atoms with Crippen molar-refractivity contribution < 1.29 is 0 Å². The molecule has 0 saturated heterocycles. The zero-order valence-electron chi connectivity index (χ0n) is 34.6. The fourth-order valence-electron chi connectivity index (χ4n) is 26.4. The van der Waals surface area contributed by atoms with Crippen molar-refractivity contribution in [1.82, 2.24) is 0 Å². The Labute approximate surface area is 331 Å². The smallest absolute Gasteiger partial charge is 0.0168 e. The molecule has 26 unspecified atom stereocenters. The lowest BCUT2D eigenvalue weighted by Crippen LogP contribution is -2.72. The monoisotopic (exact) mass is 729 g/mol. The van der Waals surface area contributed by atoms with Crippen LogP contribution >= 0.6 is 0 Å². The SMILES string of the molecule is C1CCC2C(C1)CC1CCC3C(C4CCC5CC6CCC7C8C(CCC9CC%10CCCCC%10C98)C8C9CCCCC9C9(C%10CCCCC%10C3C4C59)C6C78)C12. The predicted octanol–water partition coefficient (Wildman–Crippen LogP) is 13.7. The number of hydrogen-bond acceptors (Lipinski definition) is 0. The van der Waals surface area contributed by atoms with E-state index in [1.165, 1.54) is 118 Å². The van der Waals surface area contributed by atoms with Gasteiger partial charge in [-0.05, 0) is 268 Å². The van der Waals surface area contributed by atoms with Gasteiger partial charge in [-0.1, -0.05) is 64.2 Å². The standard InChI is InChI=1S/C54H80/c1-3-11-34-28(9-1)25-30-17-21-38-46-36-13-5-7-15-42(36)54-43-16-8-6-14-37(43)47-39-22-18-31-26-29-10-2-4-12-35(29)45(31)49(39)41-24-20-33(53(54)51(41)47)27-32-19-23-40(48(38)44(30)34)50(46)52(32)54/h28-53H,1-27H2. The second-order valence-corrected chi connectivity index (χ2v) is 25.9. The first kappa shape index (κ1) is 32.8. The van der Waals surface area contributed by atoms with Crippen molar-refractivity contribution in [3.05, 3.63) is 0 Å². The molecule has 26 atom stereocenters. The Bertz CT molecular complexity index is 1400. The van der Waals surface area contributed by atoms with E-state index in [9.17, 15) is 0 Å². The van der Waals surface area contributed by atoms with Crippen LogP contribution in [-0.4, -0.2) is 0 Å². The molecule has 0 aliphatic heterocycles. The molecule has 15 rings (SSSR count). The predicted molar refractivity (Wildman–Crippen MR) is 218 cm³/mol. The minimum Gasteiger partial charge on any atom is -0.0530 e. The van der Waals surface area contributed by atoms with Gasteiger partial charge in [-0.2, -0.15) is 0 Å². The quantitative estimate of drug-likeness (QED) is 0.233. The molecule has 0 heterocycles. The van der Waals surface area contributed by atoms with Crippen molar-refractivity contribution in [2.75, 3.05) is 0 Å². The first-order valence-electron chi connectivity index (χ1n) is 26.8. The second-order valence-electron chi connectivity index (χ2n) is 25.9. The molecular formula is C54H80. The van der Waals surface area contributed by atoms with E-state index < -0.39 is 0 Å². The molecule has 0 aromatic heterocycles. The second kappa shape index (κ2) is 11.6. The molecular weight excluding hydrogens is 649 g/mol. The zero-order valence-corrected chi connectivity index (χ0v) is 34.6. The molecule has 0 amide bonds. The van der Waals surface area contributed by atoms with Crippen molar-refractivity contribution >= 4 is 0 Å². The molecule has 0 bridgehead atoms. The maximum absolute atomic E-state index is 1.75. The molecule has 0 aromatic rings. The van der Waals surface area contributed by atoms with Crippen LogP contribution in [0.15, 0.2) is 0 Å². The molecule has 296 valence electrons. The maximum atomic E-state index is 1.75. The molecule has 15 saturated carbocycles. The Balaban J connectivity index is 0.894. The Kier molecular flexibility index (Phi) is 7.07. The van der Waals surface area contributed by atoms with Crippen LogP contribution in [0.5, 0.6) is 0 Å². The summed E-state index contributed by atoms with van der Waals surface area (Å²) in [6, 6.07) is 0. The van der Waals surface area contributed by atoms with Crippen LogP contribution in [0.4, 0.5) is 0 Å². The van der Waals surface area contributed by atoms with Crippen molar-refractivity contribution in [3.63, 3.8) is 0 Å². The van der Waals surface area contributed by atoms with Gasteiger partial charge < -0.3 is 0 Å². The van der Waals surface area contributed by atoms with Crippen molar-refractivity contribution in [2.45, 2.75) is 173 Å². The van der Waals surface area contributed by atoms with E-state index in [0.717, 1.165) is 40.9 Å². The van der Waals surface area contributed by atoms with Crippen LogP contribution in [0.2, 0.25) is 0 Å². The summed E-state index contributed by atoms with van der Waals surface area (Å²) in [5, 5.41) is 0. The highest BCUT2D eigenvalue weighted by molar-refractivity contribution is 5.28. The third-order valence-electron chi connectivity index (χ3n) is 26.0. The molecule has 54 heavy (non-hydrogen) atoms. The first-order chi connectivity index (χ1) is 26.8.